The topological polar surface area (TPSA) is 4.93 Å². The van der Waals surface area contributed by atoms with Gasteiger partial charge in [0, 0.05) is 28.8 Å². The molecule has 0 saturated heterocycles. The highest BCUT2D eigenvalue weighted by Crippen LogP contribution is 2.35. The van der Waals surface area contributed by atoms with E-state index in [0.29, 0.717) is 0 Å². The van der Waals surface area contributed by atoms with Crippen LogP contribution in [0.1, 0.15) is 33.5 Å². The van der Waals surface area contributed by atoms with Crippen molar-refractivity contribution >= 4 is 17.0 Å². The van der Waals surface area contributed by atoms with Gasteiger partial charge in [-0.2, -0.15) is 0 Å². The molecule has 0 N–H and O–H groups in total. The molecule has 1 heteroatoms. The van der Waals surface area contributed by atoms with Gasteiger partial charge in [-0.25, -0.2) is 0 Å². The SMILES string of the molecule is Cc1cc(Cc2ccccc2-c2ccccc2C)cc(-n2c3c(c4ccccc42)C=CC3)c1. The molecule has 0 atom stereocenters. The van der Waals surface area contributed by atoms with Crippen LogP contribution in [0.15, 0.2) is 97.1 Å². The molecule has 1 nitrogen and oxygen atoms in total. The molecule has 1 aliphatic rings. The Bertz CT molecular complexity index is 1530. The van der Waals surface area contributed by atoms with Crippen molar-refractivity contribution in [3.8, 4) is 16.8 Å². The summed E-state index contributed by atoms with van der Waals surface area (Å²) in [5.74, 6) is 0. The van der Waals surface area contributed by atoms with Crippen molar-refractivity contribution in [3.05, 3.63) is 131 Å². The maximum absolute atomic E-state index is 2.47. The summed E-state index contributed by atoms with van der Waals surface area (Å²) in [6.07, 6.45) is 6.47. The van der Waals surface area contributed by atoms with E-state index < -0.39 is 0 Å². The van der Waals surface area contributed by atoms with Gasteiger partial charge < -0.3 is 4.57 Å². The number of benzene rings is 4. The summed E-state index contributed by atoms with van der Waals surface area (Å²) in [7, 11) is 0. The van der Waals surface area contributed by atoms with Crippen LogP contribution in [-0.2, 0) is 12.8 Å². The van der Waals surface area contributed by atoms with Crippen molar-refractivity contribution in [1.29, 1.82) is 0 Å². The second-order valence-electron chi connectivity index (χ2n) is 9.15. The van der Waals surface area contributed by atoms with Crippen LogP contribution in [0.25, 0.3) is 33.8 Å². The molecule has 1 aliphatic carbocycles. The van der Waals surface area contributed by atoms with Crippen molar-refractivity contribution in [2.45, 2.75) is 26.7 Å². The van der Waals surface area contributed by atoms with Crippen LogP contribution in [0, 0.1) is 13.8 Å². The Balaban J connectivity index is 1.46. The maximum atomic E-state index is 2.47. The summed E-state index contributed by atoms with van der Waals surface area (Å²) in [4.78, 5) is 0. The van der Waals surface area contributed by atoms with Gasteiger partial charge in [-0.1, -0.05) is 84.9 Å². The maximum Gasteiger partial charge on any atom is 0.0537 e. The number of para-hydroxylation sites is 1. The highest BCUT2D eigenvalue weighted by Gasteiger charge is 2.19. The van der Waals surface area contributed by atoms with Gasteiger partial charge >= 0.3 is 0 Å². The van der Waals surface area contributed by atoms with Gasteiger partial charge in [-0.3, -0.25) is 0 Å². The molecule has 4 aromatic carbocycles. The molecule has 160 valence electrons. The monoisotopic (exact) mass is 425 g/mol. The fraction of sp³-hybridized carbons (Fsp3) is 0.125. The molecule has 6 rings (SSSR count). The van der Waals surface area contributed by atoms with E-state index in [4.69, 9.17) is 0 Å². The number of aryl methyl sites for hydroxylation is 2. The van der Waals surface area contributed by atoms with Crippen LogP contribution in [0.5, 0.6) is 0 Å². The first-order chi connectivity index (χ1) is 16.2. The summed E-state index contributed by atoms with van der Waals surface area (Å²) in [5.41, 5.74) is 13.3. The predicted molar refractivity (Wildman–Crippen MR) is 140 cm³/mol. The average Bonchev–Trinajstić information content (AvgIpc) is 3.40. The Morgan fingerprint density at radius 2 is 1.52 bits per heavy atom. The molecule has 5 aromatic rings. The first kappa shape index (κ1) is 19.8. The Morgan fingerprint density at radius 1 is 0.758 bits per heavy atom. The standard InChI is InChI=1S/C32H27N/c1-22-18-24(20-25-11-4-6-13-28(25)27-12-5-3-10-23(27)2)21-26(19-22)33-31-16-8-7-14-29(31)30-15-9-17-32(30)33/h3-16,18-19,21H,17,20H2,1-2H3. The van der Waals surface area contributed by atoms with Gasteiger partial charge in [-0.15, -0.1) is 0 Å². The Morgan fingerprint density at radius 3 is 2.39 bits per heavy atom. The third-order valence-corrected chi connectivity index (χ3v) is 6.84. The summed E-state index contributed by atoms with van der Waals surface area (Å²) in [5, 5.41) is 1.34. The number of hydrogen-bond acceptors (Lipinski definition) is 0. The smallest absolute Gasteiger partial charge is 0.0537 e. The normalized spacial score (nSPS) is 12.4. The molecule has 0 spiro atoms. The van der Waals surface area contributed by atoms with Gasteiger partial charge in [0.2, 0.25) is 0 Å². The van der Waals surface area contributed by atoms with E-state index in [1.165, 1.54) is 61.2 Å². The lowest BCUT2D eigenvalue weighted by Gasteiger charge is -2.15. The fourth-order valence-corrected chi connectivity index (χ4v) is 5.39. The lowest BCUT2D eigenvalue weighted by molar-refractivity contribution is 1.00. The first-order valence-corrected chi connectivity index (χ1v) is 11.7. The van der Waals surface area contributed by atoms with Gasteiger partial charge in [0.05, 0.1) is 5.52 Å². The molecule has 0 aliphatic heterocycles. The van der Waals surface area contributed by atoms with E-state index in [2.05, 4.69) is 122 Å². The van der Waals surface area contributed by atoms with Crippen LogP contribution in [0.2, 0.25) is 0 Å². The lowest BCUT2D eigenvalue weighted by Crippen LogP contribution is -2.02. The molecule has 1 heterocycles. The van der Waals surface area contributed by atoms with E-state index in [9.17, 15) is 0 Å². The lowest BCUT2D eigenvalue weighted by atomic mass is 9.92. The molecular formula is C32H27N. The molecule has 0 radical (unpaired) electrons. The molecule has 0 unspecified atom stereocenters. The number of nitrogens with zero attached hydrogens (tertiary/aromatic N) is 1. The Hall–Kier alpha value is -3.84. The molecule has 0 fully saturated rings. The van der Waals surface area contributed by atoms with Crippen LogP contribution >= 0.6 is 0 Å². The quantitative estimate of drug-likeness (QED) is 0.274. The number of hydrogen-bond donors (Lipinski definition) is 0. The number of aromatic nitrogens is 1. The number of allylic oxidation sites excluding steroid dienone is 1. The van der Waals surface area contributed by atoms with Crippen molar-refractivity contribution < 1.29 is 0 Å². The van der Waals surface area contributed by atoms with Crippen LogP contribution in [0.4, 0.5) is 0 Å². The zero-order chi connectivity index (χ0) is 22.4. The average molecular weight is 426 g/mol. The highest BCUT2D eigenvalue weighted by atomic mass is 15.0. The summed E-state index contributed by atoms with van der Waals surface area (Å²) >= 11 is 0. The summed E-state index contributed by atoms with van der Waals surface area (Å²) in [6.45, 7) is 4.41. The number of fused-ring (bicyclic) bond motifs is 3. The summed E-state index contributed by atoms with van der Waals surface area (Å²) < 4.78 is 2.47. The molecule has 0 bridgehead atoms. The molecule has 33 heavy (non-hydrogen) atoms. The van der Waals surface area contributed by atoms with E-state index in [1.54, 1.807) is 0 Å². The van der Waals surface area contributed by atoms with Gasteiger partial charge in [0.15, 0.2) is 0 Å². The second-order valence-corrected chi connectivity index (χ2v) is 9.15. The van der Waals surface area contributed by atoms with E-state index in [1.807, 2.05) is 0 Å². The van der Waals surface area contributed by atoms with Gasteiger partial charge in [-0.05, 0) is 71.8 Å². The molecule has 1 aromatic heterocycles. The van der Waals surface area contributed by atoms with E-state index >= 15 is 0 Å². The largest absolute Gasteiger partial charge is 0.313 e. The van der Waals surface area contributed by atoms with Crippen molar-refractivity contribution in [3.63, 3.8) is 0 Å². The minimum Gasteiger partial charge on any atom is -0.313 e. The van der Waals surface area contributed by atoms with Crippen LogP contribution in [-0.4, -0.2) is 4.57 Å². The molecular weight excluding hydrogens is 398 g/mol. The van der Waals surface area contributed by atoms with Crippen molar-refractivity contribution in [2.75, 3.05) is 0 Å². The van der Waals surface area contributed by atoms with Crippen molar-refractivity contribution in [2.24, 2.45) is 0 Å². The third-order valence-electron chi connectivity index (χ3n) is 6.84. The van der Waals surface area contributed by atoms with Gasteiger partial charge in [0.25, 0.3) is 0 Å². The van der Waals surface area contributed by atoms with E-state index in [-0.39, 0.29) is 0 Å². The third kappa shape index (κ3) is 3.41. The Kier molecular flexibility index (Phi) is 4.77. The second kappa shape index (κ2) is 7.94. The zero-order valence-electron chi connectivity index (χ0n) is 19.2. The highest BCUT2D eigenvalue weighted by molar-refractivity contribution is 5.94. The van der Waals surface area contributed by atoms with Crippen LogP contribution < -0.4 is 0 Å². The number of rotatable bonds is 4. The van der Waals surface area contributed by atoms with Crippen molar-refractivity contribution in [1.82, 2.24) is 4.57 Å². The summed E-state index contributed by atoms with van der Waals surface area (Å²) in [6, 6.07) is 33.3. The minimum absolute atomic E-state index is 0.916. The fourth-order valence-electron chi connectivity index (χ4n) is 5.39. The minimum atomic E-state index is 0.916. The zero-order valence-corrected chi connectivity index (χ0v) is 19.2. The molecule has 0 amide bonds. The van der Waals surface area contributed by atoms with Crippen LogP contribution in [0.3, 0.4) is 0 Å². The van der Waals surface area contributed by atoms with Gasteiger partial charge in [0.1, 0.15) is 0 Å². The first-order valence-electron chi connectivity index (χ1n) is 11.7. The molecule has 0 saturated carbocycles. The Labute approximate surface area is 195 Å². The van der Waals surface area contributed by atoms with E-state index in [0.717, 1.165) is 12.8 Å². The predicted octanol–water partition coefficient (Wildman–Crippen LogP) is 8.07.